The SMILES string of the molecule is O=C(O)[C@@H]1C[C@@H](S(=O)(=O)c2ccccc2C(F)(F)F)CN1c1ccccc1[N+](=O)[O-]. The largest absolute Gasteiger partial charge is 0.480 e. The highest BCUT2D eigenvalue weighted by Crippen LogP contribution is 2.40. The van der Waals surface area contributed by atoms with Crippen LogP contribution in [0.15, 0.2) is 53.4 Å². The van der Waals surface area contributed by atoms with Crippen molar-refractivity contribution in [3.63, 3.8) is 0 Å². The molecule has 0 radical (unpaired) electrons. The monoisotopic (exact) mass is 444 g/mol. The van der Waals surface area contributed by atoms with E-state index >= 15 is 0 Å². The molecule has 12 heteroatoms. The van der Waals surface area contributed by atoms with Crippen molar-refractivity contribution in [2.24, 2.45) is 0 Å². The van der Waals surface area contributed by atoms with Crippen molar-refractivity contribution < 1.29 is 36.4 Å². The fourth-order valence-corrected chi connectivity index (χ4v) is 5.42. The molecule has 1 fully saturated rings. The highest BCUT2D eigenvalue weighted by Gasteiger charge is 2.47. The Kier molecular flexibility index (Phi) is 5.46. The Balaban J connectivity index is 2.06. The van der Waals surface area contributed by atoms with Gasteiger partial charge in [0.05, 0.1) is 20.6 Å². The number of rotatable bonds is 5. The predicted molar refractivity (Wildman–Crippen MR) is 98.9 cm³/mol. The van der Waals surface area contributed by atoms with Gasteiger partial charge in [-0.15, -0.1) is 0 Å². The number of sulfone groups is 1. The van der Waals surface area contributed by atoms with Crippen LogP contribution in [0.2, 0.25) is 0 Å². The highest BCUT2D eigenvalue weighted by molar-refractivity contribution is 7.92. The fraction of sp³-hybridized carbons (Fsp3) is 0.278. The summed E-state index contributed by atoms with van der Waals surface area (Å²) in [6, 6.07) is 7.38. The summed E-state index contributed by atoms with van der Waals surface area (Å²) in [5, 5.41) is 19.3. The Morgan fingerprint density at radius 3 is 2.33 bits per heavy atom. The van der Waals surface area contributed by atoms with Gasteiger partial charge in [-0.1, -0.05) is 24.3 Å². The van der Waals surface area contributed by atoms with Gasteiger partial charge in [-0.3, -0.25) is 10.1 Å². The van der Waals surface area contributed by atoms with E-state index in [-0.39, 0.29) is 5.69 Å². The molecule has 2 aromatic carbocycles. The van der Waals surface area contributed by atoms with E-state index in [2.05, 4.69) is 0 Å². The Morgan fingerprint density at radius 2 is 1.73 bits per heavy atom. The van der Waals surface area contributed by atoms with Crippen molar-refractivity contribution in [1.29, 1.82) is 0 Å². The molecule has 30 heavy (non-hydrogen) atoms. The van der Waals surface area contributed by atoms with E-state index in [1.165, 1.54) is 18.2 Å². The number of anilines is 1. The molecule has 8 nitrogen and oxygen atoms in total. The molecule has 160 valence electrons. The third-order valence-corrected chi connectivity index (χ3v) is 7.06. The lowest BCUT2D eigenvalue weighted by Crippen LogP contribution is -2.36. The van der Waals surface area contributed by atoms with Crippen molar-refractivity contribution in [2.45, 2.75) is 28.8 Å². The van der Waals surface area contributed by atoms with Crippen LogP contribution in [0.3, 0.4) is 0 Å². The Morgan fingerprint density at radius 1 is 1.13 bits per heavy atom. The molecule has 0 amide bonds. The van der Waals surface area contributed by atoms with E-state index < -0.39 is 67.3 Å². The summed E-state index contributed by atoms with van der Waals surface area (Å²) >= 11 is 0. The van der Waals surface area contributed by atoms with E-state index in [0.29, 0.717) is 6.07 Å². The van der Waals surface area contributed by atoms with E-state index in [1.54, 1.807) is 0 Å². The van der Waals surface area contributed by atoms with Gasteiger partial charge in [0.1, 0.15) is 11.7 Å². The van der Waals surface area contributed by atoms with Gasteiger partial charge >= 0.3 is 12.1 Å². The molecule has 1 saturated heterocycles. The smallest absolute Gasteiger partial charge is 0.417 e. The Hall–Kier alpha value is -3.15. The second-order valence-corrected chi connectivity index (χ2v) is 8.85. The maximum absolute atomic E-state index is 13.3. The first-order chi connectivity index (χ1) is 13.9. The predicted octanol–water partition coefficient (Wildman–Crippen LogP) is 3.12. The Bertz CT molecular complexity index is 1100. The number of halogens is 3. The summed E-state index contributed by atoms with van der Waals surface area (Å²) < 4.78 is 66.0. The number of carboxylic acid groups (broad SMARTS) is 1. The van der Waals surface area contributed by atoms with Gasteiger partial charge in [0.25, 0.3) is 5.69 Å². The van der Waals surface area contributed by atoms with Crippen LogP contribution in [-0.4, -0.2) is 42.3 Å². The first-order valence-electron chi connectivity index (χ1n) is 8.57. The second kappa shape index (κ2) is 7.59. The van der Waals surface area contributed by atoms with Crippen LogP contribution in [0.1, 0.15) is 12.0 Å². The Labute approximate surface area is 168 Å². The number of nitrogens with zero attached hydrogens (tertiary/aromatic N) is 2. The summed E-state index contributed by atoms with van der Waals surface area (Å²) in [6.07, 6.45) is -5.44. The average Bonchev–Trinajstić information content (AvgIpc) is 3.14. The van der Waals surface area contributed by atoms with Crippen LogP contribution in [0, 0.1) is 10.1 Å². The van der Waals surface area contributed by atoms with Crippen molar-refractivity contribution in [1.82, 2.24) is 0 Å². The minimum absolute atomic E-state index is 0.114. The number of hydrogen-bond donors (Lipinski definition) is 1. The lowest BCUT2D eigenvalue weighted by atomic mass is 10.2. The lowest BCUT2D eigenvalue weighted by Gasteiger charge is -2.23. The first-order valence-corrected chi connectivity index (χ1v) is 10.1. The van der Waals surface area contributed by atoms with Crippen LogP contribution >= 0.6 is 0 Å². The zero-order chi connectivity index (χ0) is 22.3. The van der Waals surface area contributed by atoms with Crippen LogP contribution in [0.5, 0.6) is 0 Å². The molecular weight excluding hydrogens is 429 g/mol. The zero-order valence-electron chi connectivity index (χ0n) is 15.1. The summed E-state index contributed by atoms with van der Waals surface area (Å²) in [6.45, 7) is -0.504. The van der Waals surface area contributed by atoms with Crippen molar-refractivity contribution >= 4 is 27.2 Å². The normalized spacial score (nSPS) is 19.6. The van der Waals surface area contributed by atoms with Gasteiger partial charge in [0.2, 0.25) is 0 Å². The van der Waals surface area contributed by atoms with E-state index in [9.17, 15) is 41.6 Å². The molecule has 1 aliphatic rings. The molecule has 0 unspecified atom stereocenters. The fourth-order valence-electron chi connectivity index (χ4n) is 3.51. The van der Waals surface area contributed by atoms with Gasteiger partial charge < -0.3 is 10.0 Å². The van der Waals surface area contributed by atoms with Gasteiger partial charge in [0.15, 0.2) is 9.84 Å². The van der Waals surface area contributed by atoms with Crippen LogP contribution in [0.4, 0.5) is 24.5 Å². The number of carbonyl (C=O) groups is 1. The third kappa shape index (κ3) is 3.82. The van der Waals surface area contributed by atoms with Crippen LogP contribution in [0.25, 0.3) is 0 Å². The number of nitro groups is 1. The molecule has 0 bridgehead atoms. The van der Waals surface area contributed by atoms with Gasteiger partial charge in [-0.2, -0.15) is 13.2 Å². The average molecular weight is 444 g/mol. The quantitative estimate of drug-likeness (QED) is 0.556. The number of alkyl halides is 3. The molecule has 0 spiro atoms. The molecule has 2 atom stereocenters. The van der Waals surface area contributed by atoms with E-state index in [4.69, 9.17) is 0 Å². The van der Waals surface area contributed by atoms with E-state index in [1.807, 2.05) is 0 Å². The third-order valence-electron chi connectivity index (χ3n) is 4.87. The molecule has 0 saturated carbocycles. The molecule has 2 aromatic rings. The molecule has 3 rings (SSSR count). The second-order valence-electron chi connectivity index (χ2n) is 6.65. The number of para-hydroxylation sites is 2. The summed E-state index contributed by atoms with van der Waals surface area (Å²) in [5.41, 5.74) is -1.89. The topological polar surface area (TPSA) is 118 Å². The van der Waals surface area contributed by atoms with E-state index in [0.717, 1.165) is 29.2 Å². The van der Waals surface area contributed by atoms with Gasteiger partial charge in [-0.25, -0.2) is 13.2 Å². The van der Waals surface area contributed by atoms with Gasteiger partial charge in [0, 0.05) is 12.6 Å². The number of aliphatic carboxylic acids is 1. The van der Waals surface area contributed by atoms with Crippen LogP contribution < -0.4 is 4.90 Å². The summed E-state index contributed by atoms with van der Waals surface area (Å²) in [7, 11) is -4.59. The number of carboxylic acids is 1. The van der Waals surface area contributed by atoms with Crippen molar-refractivity contribution in [3.05, 3.63) is 64.2 Å². The molecule has 0 aromatic heterocycles. The maximum atomic E-state index is 13.3. The van der Waals surface area contributed by atoms with Gasteiger partial charge in [-0.05, 0) is 24.6 Å². The first kappa shape index (κ1) is 21.6. The molecular formula is C18H15F3N2O6S. The minimum Gasteiger partial charge on any atom is -0.480 e. The van der Waals surface area contributed by atoms with Crippen molar-refractivity contribution in [3.8, 4) is 0 Å². The molecule has 1 heterocycles. The maximum Gasteiger partial charge on any atom is 0.417 e. The summed E-state index contributed by atoms with van der Waals surface area (Å²) in [5.74, 6) is -1.44. The molecule has 1 aliphatic heterocycles. The van der Waals surface area contributed by atoms with Crippen LogP contribution in [-0.2, 0) is 20.8 Å². The number of hydrogen-bond acceptors (Lipinski definition) is 6. The number of nitro benzene ring substituents is 1. The number of benzene rings is 2. The lowest BCUT2D eigenvalue weighted by molar-refractivity contribution is -0.384. The summed E-state index contributed by atoms with van der Waals surface area (Å²) in [4.78, 5) is 22.4. The molecule has 0 aliphatic carbocycles. The van der Waals surface area contributed by atoms with Crippen molar-refractivity contribution in [2.75, 3.05) is 11.4 Å². The zero-order valence-corrected chi connectivity index (χ0v) is 15.9. The standard InChI is InChI=1S/C18H15F3N2O6S/c19-18(20,21)12-5-1-4-8-16(12)30(28,29)11-9-15(17(24)25)22(10-11)13-6-2-3-7-14(13)23(26)27/h1-8,11,15H,9-10H2,(H,24,25)/t11-,15+/m1/s1. The minimum atomic E-state index is -4.92. The highest BCUT2D eigenvalue weighted by atomic mass is 32.2. The molecule has 1 N–H and O–H groups in total.